The highest BCUT2D eigenvalue weighted by Crippen LogP contribution is 2.27. The van der Waals surface area contributed by atoms with Crippen molar-refractivity contribution in [2.24, 2.45) is 0 Å². The number of ether oxygens (including phenoxy) is 3. The lowest BCUT2D eigenvalue weighted by Gasteiger charge is -2.09. The third kappa shape index (κ3) is 4.00. The fraction of sp³-hybridized carbons (Fsp3) is 0.176. The summed E-state index contributed by atoms with van der Waals surface area (Å²) in [5.41, 5.74) is 0.601. The van der Waals surface area contributed by atoms with Crippen molar-refractivity contribution in [1.29, 1.82) is 0 Å². The highest BCUT2D eigenvalue weighted by molar-refractivity contribution is 5.99. The van der Waals surface area contributed by atoms with Gasteiger partial charge in [0.05, 0.1) is 19.8 Å². The fourth-order valence-electron chi connectivity index (χ4n) is 1.90. The first-order valence-corrected chi connectivity index (χ1v) is 6.76. The van der Waals surface area contributed by atoms with E-state index in [9.17, 15) is 9.59 Å². The summed E-state index contributed by atoms with van der Waals surface area (Å²) >= 11 is 0. The molecule has 0 aliphatic rings. The number of phenolic OH excluding ortho intramolecular Hbond substituents is 1. The first-order valence-electron chi connectivity index (χ1n) is 6.76. The molecule has 0 spiro atoms. The molecule has 0 aromatic heterocycles. The quantitative estimate of drug-likeness (QED) is 0.651. The Kier molecular flexibility index (Phi) is 5.19. The molecule has 6 heteroatoms. The summed E-state index contributed by atoms with van der Waals surface area (Å²) in [5, 5.41) is 9.17. The Morgan fingerprint density at radius 3 is 2.13 bits per heavy atom. The van der Waals surface area contributed by atoms with Crippen molar-refractivity contribution in [3.05, 3.63) is 53.6 Å². The molecule has 2 rings (SSSR count). The number of carbonyl (C=O) groups excluding carboxylic acids is 2. The molecular formula is C17H16O6. The molecule has 0 fully saturated rings. The Hall–Kier alpha value is -3.02. The summed E-state index contributed by atoms with van der Waals surface area (Å²) in [6.07, 6.45) is 0. The SMILES string of the molecule is COc1ccc(C(=O)COC(=O)c2ccc(O)cc2)cc1OC. The van der Waals surface area contributed by atoms with Crippen LogP contribution >= 0.6 is 0 Å². The summed E-state index contributed by atoms with van der Waals surface area (Å²) in [4.78, 5) is 23.9. The molecule has 0 radical (unpaired) electrons. The second kappa shape index (κ2) is 7.31. The molecule has 1 N–H and O–H groups in total. The van der Waals surface area contributed by atoms with Crippen molar-refractivity contribution in [3.8, 4) is 17.2 Å². The van der Waals surface area contributed by atoms with Crippen LogP contribution in [0.25, 0.3) is 0 Å². The van der Waals surface area contributed by atoms with E-state index >= 15 is 0 Å². The van der Waals surface area contributed by atoms with Crippen LogP contribution in [0.3, 0.4) is 0 Å². The lowest BCUT2D eigenvalue weighted by atomic mass is 10.1. The molecule has 2 aromatic rings. The van der Waals surface area contributed by atoms with E-state index in [1.54, 1.807) is 12.1 Å². The summed E-state index contributed by atoms with van der Waals surface area (Å²) in [7, 11) is 2.97. The maximum Gasteiger partial charge on any atom is 0.338 e. The van der Waals surface area contributed by atoms with Crippen molar-refractivity contribution in [2.75, 3.05) is 20.8 Å². The lowest BCUT2D eigenvalue weighted by molar-refractivity contribution is 0.0474. The molecule has 2 aromatic carbocycles. The number of benzene rings is 2. The normalized spacial score (nSPS) is 10.0. The van der Waals surface area contributed by atoms with Crippen LogP contribution in [0.4, 0.5) is 0 Å². The van der Waals surface area contributed by atoms with Crippen molar-refractivity contribution in [1.82, 2.24) is 0 Å². The van der Waals surface area contributed by atoms with Gasteiger partial charge in [0.25, 0.3) is 0 Å². The minimum absolute atomic E-state index is 0.0444. The van der Waals surface area contributed by atoms with Gasteiger partial charge in [0.15, 0.2) is 23.9 Å². The smallest absolute Gasteiger partial charge is 0.338 e. The van der Waals surface area contributed by atoms with Gasteiger partial charge in [-0.05, 0) is 42.5 Å². The number of esters is 1. The Balaban J connectivity index is 2.02. The molecule has 0 aliphatic heterocycles. The van der Waals surface area contributed by atoms with E-state index in [4.69, 9.17) is 19.3 Å². The molecule has 120 valence electrons. The van der Waals surface area contributed by atoms with E-state index in [-0.39, 0.29) is 17.1 Å². The maximum absolute atomic E-state index is 12.1. The predicted octanol–water partition coefficient (Wildman–Crippen LogP) is 2.45. The van der Waals surface area contributed by atoms with Crippen molar-refractivity contribution in [3.63, 3.8) is 0 Å². The van der Waals surface area contributed by atoms with Crippen molar-refractivity contribution in [2.45, 2.75) is 0 Å². The molecule has 23 heavy (non-hydrogen) atoms. The number of rotatable bonds is 6. The largest absolute Gasteiger partial charge is 0.508 e. The number of carbonyl (C=O) groups is 2. The van der Waals surface area contributed by atoms with Gasteiger partial charge in [-0.25, -0.2) is 4.79 Å². The number of Topliss-reactive ketones (excluding diaryl/α,β-unsaturated/α-hetero) is 1. The minimum Gasteiger partial charge on any atom is -0.508 e. The molecular weight excluding hydrogens is 300 g/mol. The zero-order valence-electron chi connectivity index (χ0n) is 12.7. The number of hydrogen-bond donors (Lipinski definition) is 1. The third-order valence-electron chi connectivity index (χ3n) is 3.14. The lowest BCUT2D eigenvalue weighted by Crippen LogP contribution is -2.14. The second-order valence-corrected chi connectivity index (χ2v) is 4.62. The van der Waals surface area contributed by atoms with Crippen LogP contribution < -0.4 is 9.47 Å². The first kappa shape index (κ1) is 16.4. The highest BCUT2D eigenvalue weighted by atomic mass is 16.5. The van der Waals surface area contributed by atoms with Gasteiger partial charge in [-0.2, -0.15) is 0 Å². The van der Waals surface area contributed by atoms with Gasteiger partial charge in [-0.1, -0.05) is 0 Å². The highest BCUT2D eigenvalue weighted by Gasteiger charge is 2.14. The summed E-state index contributed by atoms with van der Waals surface area (Å²) < 4.78 is 15.2. The van der Waals surface area contributed by atoms with Crippen LogP contribution in [-0.2, 0) is 4.74 Å². The van der Waals surface area contributed by atoms with Crippen LogP contribution in [0.2, 0.25) is 0 Å². The summed E-state index contributed by atoms with van der Waals surface area (Å²) in [6, 6.07) is 10.3. The topological polar surface area (TPSA) is 82.1 Å². The average Bonchev–Trinajstić information content (AvgIpc) is 2.59. The zero-order chi connectivity index (χ0) is 16.8. The van der Waals surface area contributed by atoms with E-state index in [0.29, 0.717) is 17.1 Å². The Morgan fingerprint density at radius 1 is 0.913 bits per heavy atom. The number of methoxy groups -OCH3 is 2. The van der Waals surface area contributed by atoms with Gasteiger partial charge >= 0.3 is 5.97 Å². The van der Waals surface area contributed by atoms with Gasteiger partial charge in [-0.15, -0.1) is 0 Å². The third-order valence-corrected chi connectivity index (χ3v) is 3.14. The second-order valence-electron chi connectivity index (χ2n) is 4.62. The fourth-order valence-corrected chi connectivity index (χ4v) is 1.90. The molecule has 0 unspecified atom stereocenters. The van der Waals surface area contributed by atoms with E-state index in [1.807, 2.05) is 0 Å². The number of hydrogen-bond acceptors (Lipinski definition) is 6. The number of ketones is 1. The van der Waals surface area contributed by atoms with E-state index < -0.39 is 12.6 Å². The van der Waals surface area contributed by atoms with Crippen LogP contribution in [0.5, 0.6) is 17.2 Å². The molecule has 0 heterocycles. The van der Waals surface area contributed by atoms with E-state index in [0.717, 1.165) is 0 Å². The molecule has 0 atom stereocenters. The zero-order valence-corrected chi connectivity index (χ0v) is 12.7. The monoisotopic (exact) mass is 316 g/mol. The molecule has 0 saturated carbocycles. The van der Waals surface area contributed by atoms with Gasteiger partial charge in [0.2, 0.25) is 0 Å². The predicted molar refractivity (Wildman–Crippen MR) is 82.3 cm³/mol. The molecule has 0 saturated heterocycles. The molecule has 0 aliphatic carbocycles. The van der Waals surface area contributed by atoms with Crippen LogP contribution in [0, 0.1) is 0 Å². The number of aromatic hydroxyl groups is 1. The molecule has 6 nitrogen and oxygen atoms in total. The summed E-state index contributed by atoms with van der Waals surface area (Å²) in [5.74, 6) is -0.0341. The average molecular weight is 316 g/mol. The maximum atomic E-state index is 12.1. The summed E-state index contributed by atoms with van der Waals surface area (Å²) in [6.45, 7) is -0.394. The Labute approximate surface area is 133 Å². The standard InChI is InChI=1S/C17H16O6/c1-21-15-8-5-12(9-16(15)22-2)14(19)10-23-17(20)11-3-6-13(18)7-4-11/h3-9,18H,10H2,1-2H3. The van der Waals surface area contributed by atoms with Crippen molar-refractivity contribution < 1.29 is 28.9 Å². The van der Waals surface area contributed by atoms with Crippen molar-refractivity contribution >= 4 is 11.8 Å². The Bertz CT molecular complexity index is 706. The van der Waals surface area contributed by atoms with Crippen LogP contribution in [0.1, 0.15) is 20.7 Å². The van der Waals surface area contributed by atoms with E-state index in [1.165, 1.54) is 44.6 Å². The van der Waals surface area contributed by atoms with Gasteiger partial charge in [0.1, 0.15) is 5.75 Å². The van der Waals surface area contributed by atoms with Gasteiger partial charge < -0.3 is 19.3 Å². The Morgan fingerprint density at radius 2 is 1.52 bits per heavy atom. The molecule has 0 amide bonds. The van der Waals surface area contributed by atoms with Gasteiger partial charge in [0, 0.05) is 5.56 Å². The van der Waals surface area contributed by atoms with Crippen LogP contribution in [0.15, 0.2) is 42.5 Å². The molecule has 0 bridgehead atoms. The first-order chi connectivity index (χ1) is 11.0. The number of phenols is 1. The van der Waals surface area contributed by atoms with E-state index in [2.05, 4.69) is 0 Å². The van der Waals surface area contributed by atoms with Gasteiger partial charge in [-0.3, -0.25) is 4.79 Å². The minimum atomic E-state index is -0.640. The van der Waals surface area contributed by atoms with Crippen LogP contribution in [-0.4, -0.2) is 37.7 Å².